The second-order valence-electron chi connectivity index (χ2n) is 5.02. The molecule has 1 aliphatic carbocycles. The largest absolute Gasteiger partial charge is 0.464 e. The maximum absolute atomic E-state index is 12.4. The van der Waals surface area contributed by atoms with Crippen molar-refractivity contribution in [2.75, 3.05) is 6.61 Å². The highest BCUT2D eigenvalue weighted by Crippen LogP contribution is 2.30. The van der Waals surface area contributed by atoms with Gasteiger partial charge in [-0.3, -0.25) is 4.79 Å². The van der Waals surface area contributed by atoms with Crippen molar-refractivity contribution < 1.29 is 14.3 Å². The predicted octanol–water partition coefficient (Wildman–Crippen LogP) is 1.83. The van der Waals surface area contributed by atoms with Crippen LogP contribution in [0.25, 0.3) is 0 Å². The van der Waals surface area contributed by atoms with Crippen molar-refractivity contribution in [3.63, 3.8) is 0 Å². The average molecular weight is 355 g/mol. The van der Waals surface area contributed by atoms with E-state index in [1.807, 2.05) is 24.3 Å². The van der Waals surface area contributed by atoms with Crippen molar-refractivity contribution in [1.29, 1.82) is 0 Å². The van der Waals surface area contributed by atoms with Gasteiger partial charge in [0.25, 0.3) is 5.91 Å². The Morgan fingerprint density at radius 3 is 2.67 bits per heavy atom. The van der Waals surface area contributed by atoms with Crippen LogP contribution in [0.15, 0.2) is 28.7 Å². The lowest BCUT2D eigenvalue weighted by Gasteiger charge is -2.25. The van der Waals surface area contributed by atoms with Crippen LogP contribution in [0.4, 0.5) is 0 Å². The molecule has 21 heavy (non-hydrogen) atoms. The highest BCUT2D eigenvalue weighted by Gasteiger charge is 2.37. The third-order valence-corrected chi connectivity index (χ3v) is 4.15. The Bertz CT molecular complexity index is 531. The molecular weight excluding hydrogens is 336 g/mol. The summed E-state index contributed by atoms with van der Waals surface area (Å²) in [6.07, 6.45) is 1.90. The molecule has 6 heteroatoms. The van der Waals surface area contributed by atoms with Gasteiger partial charge >= 0.3 is 5.97 Å². The summed E-state index contributed by atoms with van der Waals surface area (Å²) in [5, 5.41) is 0. The van der Waals surface area contributed by atoms with Crippen LogP contribution in [0.1, 0.15) is 25.3 Å². The van der Waals surface area contributed by atoms with Crippen LogP contribution >= 0.6 is 15.9 Å². The van der Waals surface area contributed by atoms with E-state index in [1.165, 1.54) is 0 Å². The molecule has 2 rings (SSSR count). The van der Waals surface area contributed by atoms with Crippen molar-refractivity contribution in [3.05, 3.63) is 34.3 Å². The first-order valence-electron chi connectivity index (χ1n) is 7.00. The molecule has 1 fully saturated rings. The normalized spacial score (nSPS) is 15.4. The summed E-state index contributed by atoms with van der Waals surface area (Å²) in [5.41, 5.74) is 6.72. The molecule has 1 saturated carbocycles. The number of nitrogens with zero attached hydrogens (tertiary/aromatic N) is 1. The van der Waals surface area contributed by atoms with E-state index in [1.54, 1.807) is 11.8 Å². The molecule has 0 heterocycles. The Labute approximate surface area is 132 Å². The molecule has 1 aliphatic rings. The van der Waals surface area contributed by atoms with Gasteiger partial charge in [0.2, 0.25) is 0 Å². The molecule has 5 nitrogen and oxygen atoms in total. The summed E-state index contributed by atoms with van der Waals surface area (Å²) in [5.74, 6) is -1.04. The Hall–Kier alpha value is -1.40. The third-order valence-electron chi connectivity index (χ3n) is 3.38. The molecule has 1 aromatic rings. The molecule has 0 aromatic heterocycles. The fourth-order valence-corrected chi connectivity index (χ4v) is 2.50. The number of benzene rings is 1. The smallest absolute Gasteiger partial charge is 0.332 e. The van der Waals surface area contributed by atoms with Gasteiger partial charge in [-0.05, 0) is 31.4 Å². The van der Waals surface area contributed by atoms with Crippen LogP contribution in [0.2, 0.25) is 0 Å². The van der Waals surface area contributed by atoms with Gasteiger partial charge in [-0.15, -0.1) is 0 Å². The Morgan fingerprint density at radius 2 is 2.10 bits per heavy atom. The quantitative estimate of drug-likeness (QED) is 0.624. The average Bonchev–Trinajstić information content (AvgIpc) is 3.30. The van der Waals surface area contributed by atoms with Gasteiger partial charge in [0, 0.05) is 17.1 Å². The zero-order valence-corrected chi connectivity index (χ0v) is 13.5. The van der Waals surface area contributed by atoms with Gasteiger partial charge in [-0.1, -0.05) is 34.1 Å². The van der Waals surface area contributed by atoms with Gasteiger partial charge in [-0.2, -0.15) is 0 Å². The third kappa shape index (κ3) is 4.04. The van der Waals surface area contributed by atoms with Crippen LogP contribution < -0.4 is 5.73 Å². The molecule has 1 unspecified atom stereocenters. The minimum Gasteiger partial charge on any atom is -0.464 e. The zero-order valence-electron chi connectivity index (χ0n) is 11.9. The molecule has 0 spiro atoms. The monoisotopic (exact) mass is 354 g/mol. The highest BCUT2D eigenvalue weighted by molar-refractivity contribution is 9.10. The number of hydrogen-bond donors (Lipinski definition) is 1. The molecule has 2 N–H and O–H groups in total. The van der Waals surface area contributed by atoms with E-state index in [2.05, 4.69) is 15.9 Å². The van der Waals surface area contributed by atoms with Crippen LogP contribution in [-0.2, 0) is 20.9 Å². The maximum Gasteiger partial charge on any atom is 0.332 e. The molecular formula is C15H19BrN2O3. The molecule has 1 amide bonds. The Morgan fingerprint density at radius 1 is 1.43 bits per heavy atom. The number of carbonyl (C=O) groups excluding carboxylic acids is 2. The van der Waals surface area contributed by atoms with Gasteiger partial charge in [0.1, 0.15) is 0 Å². The number of halogens is 1. The summed E-state index contributed by atoms with van der Waals surface area (Å²) in [7, 11) is 0. The van der Waals surface area contributed by atoms with Crippen LogP contribution in [0.3, 0.4) is 0 Å². The van der Waals surface area contributed by atoms with Crippen molar-refractivity contribution >= 4 is 27.8 Å². The predicted molar refractivity (Wildman–Crippen MR) is 82.3 cm³/mol. The van der Waals surface area contributed by atoms with Crippen LogP contribution in [0, 0.1) is 0 Å². The van der Waals surface area contributed by atoms with E-state index in [0.29, 0.717) is 6.54 Å². The number of esters is 1. The fraction of sp³-hybridized carbons (Fsp3) is 0.467. The maximum atomic E-state index is 12.4. The van der Waals surface area contributed by atoms with Gasteiger partial charge in [0.15, 0.2) is 6.04 Å². The second kappa shape index (κ2) is 7.04. The van der Waals surface area contributed by atoms with Crippen LogP contribution in [-0.4, -0.2) is 35.5 Å². The second-order valence-corrected chi connectivity index (χ2v) is 5.87. The molecule has 114 valence electrons. The molecule has 0 bridgehead atoms. The van der Waals surface area contributed by atoms with E-state index in [0.717, 1.165) is 22.9 Å². The first-order chi connectivity index (χ1) is 10.0. The van der Waals surface area contributed by atoms with Gasteiger partial charge in [-0.25, -0.2) is 4.79 Å². The lowest BCUT2D eigenvalue weighted by Crippen LogP contribution is -2.49. The number of ether oxygens (including phenoxy) is 1. The molecule has 0 saturated heterocycles. The van der Waals surface area contributed by atoms with Crippen molar-refractivity contribution in [2.24, 2.45) is 5.73 Å². The van der Waals surface area contributed by atoms with E-state index in [-0.39, 0.29) is 18.6 Å². The Balaban J connectivity index is 2.10. The number of nitrogens with two attached hydrogens (primary N) is 1. The minimum absolute atomic E-state index is 0.171. The lowest BCUT2D eigenvalue weighted by atomic mass is 10.2. The summed E-state index contributed by atoms with van der Waals surface area (Å²) < 4.78 is 5.77. The molecule has 0 radical (unpaired) electrons. The summed E-state index contributed by atoms with van der Waals surface area (Å²) in [6, 6.07) is 6.64. The molecule has 0 aliphatic heterocycles. The van der Waals surface area contributed by atoms with Crippen molar-refractivity contribution in [1.82, 2.24) is 4.90 Å². The summed E-state index contributed by atoms with van der Waals surface area (Å²) in [4.78, 5) is 25.8. The van der Waals surface area contributed by atoms with Gasteiger partial charge in [0.05, 0.1) is 6.61 Å². The number of rotatable bonds is 6. The number of hydrogen-bond acceptors (Lipinski definition) is 4. The van der Waals surface area contributed by atoms with E-state index in [4.69, 9.17) is 10.5 Å². The zero-order chi connectivity index (χ0) is 15.4. The number of carbonyl (C=O) groups is 2. The minimum atomic E-state index is -1.24. The molecule has 1 atom stereocenters. The van der Waals surface area contributed by atoms with E-state index in [9.17, 15) is 9.59 Å². The first kappa shape index (κ1) is 16.0. The lowest BCUT2D eigenvalue weighted by molar-refractivity contribution is -0.151. The standard InChI is InChI=1S/C15H19BrN2O3/c1-2-21-15(20)13(17)14(19)18(11-7-8-11)9-10-5-3-4-6-12(10)16/h3-6,11,13H,2,7-9,17H2,1H3. The van der Waals surface area contributed by atoms with Crippen molar-refractivity contribution in [3.8, 4) is 0 Å². The fourth-order valence-electron chi connectivity index (χ4n) is 2.09. The number of amides is 1. The Kier molecular flexibility index (Phi) is 5.36. The van der Waals surface area contributed by atoms with E-state index >= 15 is 0 Å². The van der Waals surface area contributed by atoms with Crippen molar-refractivity contribution in [2.45, 2.75) is 38.4 Å². The summed E-state index contributed by atoms with van der Waals surface area (Å²) in [6.45, 7) is 2.35. The van der Waals surface area contributed by atoms with Crippen LogP contribution in [0.5, 0.6) is 0 Å². The van der Waals surface area contributed by atoms with Gasteiger partial charge < -0.3 is 15.4 Å². The molecule has 1 aromatic carbocycles. The first-order valence-corrected chi connectivity index (χ1v) is 7.80. The summed E-state index contributed by atoms with van der Waals surface area (Å²) >= 11 is 3.47. The SMILES string of the molecule is CCOC(=O)C(N)C(=O)N(Cc1ccccc1Br)C1CC1. The highest BCUT2D eigenvalue weighted by atomic mass is 79.9. The topological polar surface area (TPSA) is 72.6 Å². The van der Waals surface area contributed by atoms with E-state index < -0.39 is 12.0 Å².